The minimum atomic E-state index is -1.51. The summed E-state index contributed by atoms with van der Waals surface area (Å²) in [5, 5.41) is 14.4. The van der Waals surface area contributed by atoms with E-state index in [1.807, 2.05) is 6.92 Å². The number of benzene rings is 1. The third-order valence-electron chi connectivity index (χ3n) is 3.38. The van der Waals surface area contributed by atoms with Crippen molar-refractivity contribution in [1.82, 2.24) is 5.32 Å². The number of furan rings is 1. The third-order valence-corrected chi connectivity index (χ3v) is 3.38. The van der Waals surface area contributed by atoms with Crippen molar-refractivity contribution in [2.75, 3.05) is 13.2 Å². The van der Waals surface area contributed by atoms with Crippen molar-refractivity contribution in [3.05, 3.63) is 36.1 Å². The lowest BCUT2D eigenvalue weighted by molar-refractivity contribution is -0.0189. The standard InChI is InChI=1S/C14H18FNO2/c1-3-16-10(2)14(17,9-15)12-4-5-13-11(8-12)6-7-18-13/h4-8,10,16-17H,3,9H2,1-2H3. The second-order valence-corrected chi connectivity index (χ2v) is 4.51. The molecule has 98 valence electrons. The lowest BCUT2D eigenvalue weighted by Crippen LogP contribution is -2.48. The summed E-state index contributed by atoms with van der Waals surface area (Å²) in [5.41, 5.74) is -0.218. The van der Waals surface area contributed by atoms with E-state index >= 15 is 0 Å². The van der Waals surface area contributed by atoms with Gasteiger partial charge >= 0.3 is 0 Å². The smallest absolute Gasteiger partial charge is 0.133 e. The molecule has 0 fully saturated rings. The Morgan fingerprint density at radius 1 is 1.44 bits per heavy atom. The van der Waals surface area contributed by atoms with Gasteiger partial charge in [-0.2, -0.15) is 0 Å². The highest BCUT2D eigenvalue weighted by Gasteiger charge is 2.35. The maximum absolute atomic E-state index is 13.3. The molecule has 0 aliphatic rings. The van der Waals surface area contributed by atoms with Gasteiger partial charge in [-0.15, -0.1) is 0 Å². The van der Waals surface area contributed by atoms with Crippen molar-refractivity contribution in [3.63, 3.8) is 0 Å². The Morgan fingerprint density at radius 2 is 2.22 bits per heavy atom. The lowest BCUT2D eigenvalue weighted by Gasteiger charge is -2.32. The molecule has 2 atom stereocenters. The fourth-order valence-corrected chi connectivity index (χ4v) is 2.15. The highest BCUT2D eigenvalue weighted by atomic mass is 19.1. The highest BCUT2D eigenvalue weighted by molar-refractivity contribution is 5.78. The van der Waals surface area contributed by atoms with Crippen LogP contribution in [0.5, 0.6) is 0 Å². The zero-order valence-corrected chi connectivity index (χ0v) is 10.6. The molecular weight excluding hydrogens is 233 g/mol. The van der Waals surface area contributed by atoms with Crippen LogP contribution in [-0.2, 0) is 5.60 Å². The predicted octanol–water partition coefficient (Wildman–Crippen LogP) is 2.59. The van der Waals surface area contributed by atoms with Crippen LogP contribution in [0.15, 0.2) is 34.9 Å². The van der Waals surface area contributed by atoms with Gasteiger partial charge in [0.25, 0.3) is 0 Å². The largest absolute Gasteiger partial charge is 0.464 e. The van der Waals surface area contributed by atoms with E-state index in [1.54, 1.807) is 37.5 Å². The fraction of sp³-hybridized carbons (Fsp3) is 0.429. The summed E-state index contributed by atoms with van der Waals surface area (Å²) in [6.07, 6.45) is 1.58. The molecule has 0 aliphatic heterocycles. The minimum absolute atomic E-state index is 0.364. The second-order valence-electron chi connectivity index (χ2n) is 4.51. The van der Waals surface area contributed by atoms with Crippen LogP contribution in [-0.4, -0.2) is 24.4 Å². The number of nitrogens with one attached hydrogen (secondary N) is 1. The number of alkyl halides is 1. The van der Waals surface area contributed by atoms with E-state index in [-0.39, 0.29) is 6.04 Å². The van der Waals surface area contributed by atoms with Gasteiger partial charge in [0, 0.05) is 11.4 Å². The number of fused-ring (bicyclic) bond motifs is 1. The van der Waals surface area contributed by atoms with Crippen LogP contribution in [0.3, 0.4) is 0 Å². The zero-order valence-electron chi connectivity index (χ0n) is 10.6. The average Bonchev–Trinajstić information content (AvgIpc) is 2.85. The fourth-order valence-electron chi connectivity index (χ4n) is 2.15. The molecule has 18 heavy (non-hydrogen) atoms. The van der Waals surface area contributed by atoms with Gasteiger partial charge in [0.1, 0.15) is 17.9 Å². The molecule has 0 bridgehead atoms. The Hall–Kier alpha value is -1.39. The van der Waals surface area contributed by atoms with E-state index in [0.29, 0.717) is 12.1 Å². The summed E-state index contributed by atoms with van der Waals surface area (Å²) < 4.78 is 18.6. The zero-order chi connectivity index (χ0) is 13.2. The molecule has 3 nitrogen and oxygen atoms in total. The number of hydrogen-bond acceptors (Lipinski definition) is 3. The third kappa shape index (κ3) is 2.13. The summed E-state index contributed by atoms with van der Waals surface area (Å²) in [5.74, 6) is 0. The quantitative estimate of drug-likeness (QED) is 0.858. The van der Waals surface area contributed by atoms with E-state index in [1.165, 1.54) is 0 Å². The predicted molar refractivity (Wildman–Crippen MR) is 69.2 cm³/mol. The van der Waals surface area contributed by atoms with E-state index in [2.05, 4.69) is 5.32 Å². The Bertz CT molecular complexity index is 525. The maximum atomic E-state index is 13.3. The van der Waals surface area contributed by atoms with Gasteiger partial charge in [-0.25, -0.2) is 4.39 Å². The molecule has 0 saturated heterocycles. The number of rotatable bonds is 5. The Balaban J connectivity index is 2.41. The molecule has 2 rings (SSSR count). The first-order chi connectivity index (χ1) is 8.61. The first kappa shape index (κ1) is 13.1. The molecule has 0 spiro atoms. The van der Waals surface area contributed by atoms with Crippen molar-refractivity contribution in [2.24, 2.45) is 0 Å². The Labute approximate surface area is 106 Å². The van der Waals surface area contributed by atoms with E-state index < -0.39 is 12.3 Å². The summed E-state index contributed by atoms with van der Waals surface area (Å²) in [7, 11) is 0. The number of likely N-dealkylation sites (N-methyl/N-ethyl adjacent to an activating group) is 1. The molecule has 0 saturated carbocycles. The Morgan fingerprint density at radius 3 is 2.89 bits per heavy atom. The molecule has 1 aromatic heterocycles. The molecule has 0 aliphatic carbocycles. The van der Waals surface area contributed by atoms with Crippen molar-refractivity contribution >= 4 is 11.0 Å². The number of aliphatic hydroxyl groups is 1. The van der Waals surface area contributed by atoms with Crippen LogP contribution in [0.4, 0.5) is 4.39 Å². The van der Waals surface area contributed by atoms with Crippen LogP contribution < -0.4 is 5.32 Å². The number of halogens is 1. The highest BCUT2D eigenvalue weighted by Crippen LogP contribution is 2.29. The summed E-state index contributed by atoms with van der Waals surface area (Å²) in [4.78, 5) is 0. The lowest BCUT2D eigenvalue weighted by atomic mass is 9.87. The minimum Gasteiger partial charge on any atom is -0.464 e. The van der Waals surface area contributed by atoms with Crippen LogP contribution in [0, 0.1) is 0 Å². The molecule has 2 aromatic rings. The molecule has 0 radical (unpaired) electrons. The van der Waals surface area contributed by atoms with Crippen LogP contribution in [0.25, 0.3) is 11.0 Å². The average molecular weight is 251 g/mol. The molecule has 2 N–H and O–H groups in total. The SMILES string of the molecule is CCNC(C)C(O)(CF)c1ccc2occc2c1. The monoisotopic (exact) mass is 251 g/mol. The molecular formula is C14H18FNO2. The second kappa shape index (κ2) is 5.08. The van der Waals surface area contributed by atoms with Crippen molar-refractivity contribution in [3.8, 4) is 0 Å². The van der Waals surface area contributed by atoms with Gasteiger partial charge in [0.2, 0.25) is 0 Å². The van der Waals surface area contributed by atoms with Gasteiger partial charge in [-0.1, -0.05) is 13.0 Å². The molecule has 1 aromatic carbocycles. The summed E-state index contributed by atoms with van der Waals surface area (Å²) in [6.45, 7) is 3.55. The van der Waals surface area contributed by atoms with Crippen LogP contribution >= 0.6 is 0 Å². The summed E-state index contributed by atoms with van der Waals surface area (Å²) in [6, 6.07) is 6.67. The summed E-state index contributed by atoms with van der Waals surface area (Å²) >= 11 is 0. The molecule has 2 unspecified atom stereocenters. The Kier molecular flexibility index (Phi) is 3.68. The first-order valence-corrected chi connectivity index (χ1v) is 6.11. The van der Waals surface area contributed by atoms with E-state index in [9.17, 15) is 9.50 Å². The van der Waals surface area contributed by atoms with E-state index in [4.69, 9.17) is 4.42 Å². The van der Waals surface area contributed by atoms with Crippen molar-refractivity contribution < 1.29 is 13.9 Å². The maximum Gasteiger partial charge on any atom is 0.133 e. The first-order valence-electron chi connectivity index (χ1n) is 6.11. The van der Waals surface area contributed by atoms with Crippen LogP contribution in [0.2, 0.25) is 0 Å². The van der Waals surface area contributed by atoms with Gasteiger partial charge in [0.05, 0.1) is 6.26 Å². The van der Waals surface area contributed by atoms with Gasteiger partial charge in [0.15, 0.2) is 0 Å². The van der Waals surface area contributed by atoms with Crippen molar-refractivity contribution in [2.45, 2.75) is 25.5 Å². The topological polar surface area (TPSA) is 45.4 Å². The van der Waals surface area contributed by atoms with E-state index in [0.717, 1.165) is 11.0 Å². The number of hydrogen-bond donors (Lipinski definition) is 2. The molecule has 4 heteroatoms. The van der Waals surface area contributed by atoms with Crippen LogP contribution in [0.1, 0.15) is 19.4 Å². The van der Waals surface area contributed by atoms with Gasteiger partial charge < -0.3 is 14.8 Å². The van der Waals surface area contributed by atoms with Gasteiger partial charge in [-0.05, 0) is 37.2 Å². The molecule has 1 heterocycles. The normalized spacial score (nSPS) is 16.7. The van der Waals surface area contributed by atoms with Crippen molar-refractivity contribution in [1.29, 1.82) is 0 Å². The van der Waals surface area contributed by atoms with Gasteiger partial charge in [-0.3, -0.25) is 0 Å². The molecule has 0 amide bonds.